The molecule has 1 atom stereocenters. The standard InChI is InChI=1S/C12H12ClNO2S/c1-7-6-17-12(10(7)13)11(15)8-3-9(16-2)5-14-4-8/h3-6,11,15H,1-2H3. The zero-order valence-electron chi connectivity index (χ0n) is 9.48. The van der Waals surface area contributed by atoms with Crippen LogP contribution in [0.4, 0.5) is 0 Å². The summed E-state index contributed by atoms with van der Waals surface area (Å²) in [7, 11) is 1.56. The summed E-state index contributed by atoms with van der Waals surface area (Å²) in [5, 5.41) is 12.8. The van der Waals surface area contributed by atoms with Gasteiger partial charge in [-0.3, -0.25) is 4.98 Å². The minimum Gasteiger partial charge on any atom is -0.495 e. The van der Waals surface area contributed by atoms with Gasteiger partial charge in [0.25, 0.3) is 0 Å². The molecule has 0 spiro atoms. The van der Waals surface area contributed by atoms with Gasteiger partial charge in [-0.05, 0) is 23.9 Å². The number of ether oxygens (including phenoxy) is 1. The number of aliphatic hydroxyl groups excluding tert-OH is 1. The van der Waals surface area contributed by atoms with Crippen LogP contribution < -0.4 is 4.74 Å². The predicted molar refractivity (Wildman–Crippen MR) is 68.9 cm³/mol. The molecule has 3 nitrogen and oxygen atoms in total. The van der Waals surface area contributed by atoms with E-state index in [1.54, 1.807) is 25.6 Å². The highest BCUT2D eigenvalue weighted by molar-refractivity contribution is 7.10. The molecule has 0 saturated heterocycles. The molecule has 5 heteroatoms. The van der Waals surface area contributed by atoms with Crippen molar-refractivity contribution in [3.05, 3.63) is 44.9 Å². The molecule has 0 radical (unpaired) electrons. The summed E-state index contributed by atoms with van der Waals surface area (Å²) >= 11 is 7.57. The fourth-order valence-electron chi connectivity index (χ4n) is 1.48. The first-order valence-corrected chi connectivity index (χ1v) is 6.29. The van der Waals surface area contributed by atoms with Crippen molar-refractivity contribution in [3.63, 3.8) is 0 Å². The quantitative estimate of drug-likeness (QED) is 0.930. The highest BCUT2D eigenvalue weighted by atomic mass is 35.5. The summed E-state index contributed by atoms with van der Waals surface area (Å²) in [5.74, 6) is 0.617. The summed E-state index contributed by atoms with van der Waals surface area (Å²) in [6.07, 6.45) is 2.44. The molecule has 17 heavy (non-hydrogen) atoms. The van der Waals surface area contributed by atoms with E-state index in [-0.39, 0.29) is 0 Å². The highest BCUT2D eigenvalue weighted by Gasteiger charge is 2.18. The Bertz CT molecular complexity index is 527. The highest BCUT2D eigenvalue weighted by Crippen LogP contribution is 2.35. The van der Waals surface area contributed by atoms with Gasteiger partial charge in [-0.1, -0.05) is 11.6 Å². The Morgan fingerprint density at radius 1 is 1.47 bits per heavy atom. The molecule has 0 fully saturated rings. The Hall–Kier alpha value is -1.10. The van der Waals surface area contributed by atoms with Gasteiger partial charge in [-0.15, -0.1) is 11.3 Å². The van der Waals surface area contributed by atoms with E-state index >= 15 is 0 Å². The monoisotopic (exact) mass is 269 g/mol. The lowest BCUT2D eigenvalue weighted by molar-refractivity contribution is 0.223. The second kappa shape index (κ2) is 5.04. The molecule has 0 aliphatic carbocycles. The number of rotatable bonds is 3. The molecule has 2 heterocycles. The molecule has 1 N–H and O–H groups in total. The van der Waals surface area contributed by atoms with Crippen molar-refractivity contribution in [2.75, 3.05) is 7.11 Å². The Morgan fingerprint density at radius 3 is 2.82 bits per heavy atom. The van der Waals surface area contributed by atoms with Crippen LogP contribution >= 0.6 is 22.9 Å². The average molecular weight is 270 g/mol. The largest absolute Gasteiger partial charge is 0.495 e. The summed E-state index contributed by atoms with van der Waals surface area (Å²) in [6, 6.07) is 1.75. The molecule has 0 amide bonds. The zero-order valence-corrected chi connectivity index (χ0v) is 11.0. The first-order valence-electron chi connectivity index (χ1n) is 5.04. The van der Waals surface area contributed by atoms with E-state index in [9.17, 15) is 5.11 Å². The van der Waals surface area contributed by atoms with Crippen LogP contribution in [0.2, 0.25) is 5.02 Å². The fourth-order valence-corrected chi connectivity index (χ4v) is 2.79. The second-order valence-electron chi connectivity index (χ2n) is 3.66. The number of halogens is 1. The summed E-state index contributed by atoms with van der Waals surface area (Å²) in [6.45, 7) is 1.92. The third-order valence-electron chi connectivity index (χ3n) is 2.46. The van der Waals surface area contributed by atoms with Gasteiger partial charge in [-0.2, -0.15) is 0 Å². The summed E-state index contributed by atoms with van der Waals surface area (Å²) < 4.78 is 5.07. The lowest BCUT2D eigenvalue weighted by Gasteiger charge is -2.10. The topological polar surface area (TPSA) is 42.4 Å². The van der Waals surface area contributed by atoms with Crippen molar-refractivity contribution >= 4 is 22.9 Å². The van der Waals surface area contributed by atoms with Gasteiger partial charge in [-0.25, -0.2) is 0 Å². The molecule has 2 aromatic heterocycles. The van der Waals surface area contributed by atoms with Gasteiger partial charge in [0.1, 0.15) is 11.9 Å². The molecular formula is C12H12ClNO2S. The minimum absolute atomic E-state index is 0.616. The fraction of sp³-hybridized carbons (Fsp3) is 0.250. The van der Waals surface area contributed by atoms with Crippen molar-refractivity contribution in [2.24, 2.45) is 0 Å². The molecular weight excluding hydrogens is 258 g/mol. The van der Waals surface area contributed by atoms with Crippen molar-refractivity contribution in [2.45, 2.75) is 13.0 Å². The Kier molecular flexibility index (Phi) is 3.66. The number of hydrogen-bond acceptors (Lipinski definition) is 4. The molecule has 0 aromatic carbocycles. The van der Waals surface area contributed by atoms with Crippen LogP contribution in [0.5, 0.6) is 5.75 Å². The van der Waals surface area contributed by atoms with Gasteiger partial charge >= 0.3 is 0 Å². The Labute approximate surface area is 109 Å². The van der Waals surface area contributed by atoms with E-state index < -0.39 is 6.10 Å². The smallest absolute Gasteiger partial charge is 0.137 e. The number of aliphatic hydroxyl groups is 1. The van der Waals surface area contributed by atoms with Crippen LogP contribution in [-0.2, 0) is 0 Å². The maximum Gasteiger partial charge on any atom is 0.137 e. The molecule has 2 rings (SSSR count). The van der Waals surface area contributed by atoms with E-state index in [1.807, 2.05) is 12.3 Å². The van der Waals surface area contributed by atoms with Crippen LogP contribution in [0.1, 0.15) is 22.1 Å². The van der Waals surface area contributed by atoms with Gasteiger partial charge < -0.3 is 9.84 Å². The summed E-state index contributed by atoms with van der Waals surface area (Å²) in [5.41, 5.74) is 1.65. The van der Waals surface area contributed by atoms with Gasteiger partial charge in [0.05, 0.1) is 23.2 Å². The lowest BCUT2D eigenvalue weighted by Crippen LogP contribution is -1.99. The van der Waals surface area contributed by atoms with Crippen LogP contribution in [0.15, 0.2) is 23.8 Å². The molecule has 0 saturated carbocycles. The minimum atomic E-state index is -0.760. The number of nitrogens with zero attached hydrogens (tertiary/aromatic N) is 1. The number of aromatic nitrogens is 1. The molecule has 1 unspecified atom stereocenters. The van der Waals surface area contributed by atoms with Gasteiger partial charge in [0.15, 0.2) is 0 Å². The molecule has 2 aromatic rings. The van der Waals surface area contributed by atoms with Crippen molar-refractivity contribution in [1.29, 1.82) is 0 Å². The Balaban J connectivity index is 2.36. The first kappa shape index (κ1) is 12.4. The van der Waals surface area contributed by atoms with E-state index in [1.165, 1.54) is 11.3 Å². The summed E-state index contributed by atoms with van der Waals surface area (Å²) in [4.78, 5) is 4.75. The maximum atomic E-state index is 10.2. The average Bonchev–Trinajstić information content (AvgIpc) is 2.69. The number of pyridine rings is 1. The maximum absolute atomic E-state index is 10.2. The third-order valence-corrected chi connectivity index (χ3v) is 4.23. The van der Waals surface area contributed by atoms with E-state index in [0.717, 1.165) is 10.4 Å². The predicted octanol–water partition coefficient (Wildman–Crippen LogP) is 3.20. The van der Waals surface area contributed by atoms with Gasteiger partial charge in [0, 0.05) is 11.8 Å². The van der Waals surface area contributed by atoms with Crippen molar-refractivity contribution in [3.8, 4) is 5.75 Å². The van der Waals surface area contributed by atoms with Crippen LogP contribution in [0.3, 0.4) is 0 Å². The SMILES string of the molecule is COc1cncc(C(O)c2scc(C)c2Cl)c1. The van der Waals surface area contributed by atoms with E-state index in [4.69, 9.17) is 16.3 Å². The molecule has 0 aliphatic heterocycles. The van der Waals surface area contributed by atoms with Crippen molar-refractivity contribution < 1.29 is 9.84 Å². The number of hydrogen-bond donors (Lipinski definition) is 1. The molecule has 90 valence electrons. The normalized spacial score (nSPS) is 12.5. The van der Waals surface area contributed by atoms with Gasteiger partial charge in [0.2, 0.25) is 0 Å². The number of methoxy groups -OCH3 is 1. The third kappa shape index (κ3) is 2.44. The number of thiophene rings is 1. The van der Waals surface area contributed by atoms with E-state index in [0.29, 0.717) is 16.3 Å². The Morgan fingerprint density at radius 2 is 2.24 bits per heavy atom. The molecule has 0 aliphatic rings. The van der Waals surface area contributed by atoms with E-state index in [2.05, 4.69) is 4.98 Å². The lowest BCUT2D eigenvalue weighted by atomic mass is 10.1. The van der Waals surface area contributed by atoms with Crippen LogP contribution in [0, 0.1) is 6.92 Å². The second-order valence-corrected chi connectivity index (χ2v) is 4.95. The number of aryl methyl sites for hydroxylation is 1. The molecule has 0 bridgehead atoms. The zero-order chi connectivity index (χ0) is 12.4. The van der Waals surface area contributed by atoms with Crippen LogP contribution in [0.25, 0.3) is 0 Å². The van der Waals surface area contributed by atoms with Crippen LogP contribution in [-0.4, -0.2) is 17.2 Å². The first-order chi connectivity index (χ1) is 8.13. The van der Waals surface area contributed by atoms with Crippen molar-refractivity contribution in [1.82, 2.24) is 4.98 Å².